The monoisotopic (exact) mass is 921 g/mol. The number of aromatic amines is 1. The molecule has 8 amide bonds. The quantitative estimate of drug-likeness (QED) is 0.103. The topological polar surface area (TPSA) is 358 Å². The maximum atomic E-state index is 14.3. The molecule has 6 unspecified atom stereocenters. The fourth-order valence-electron chi connectivity index (χ4n) is 7.22. The Bertz CT molecular complexity index is 2030. The number of carboxylic acids is 1. The number of aliphatic hydroxyl groups excluding tert-OH is 3. The number of benzene rings is 1. The third-order valence-corrected chi connectivity index (χ3v) is 11.6. The minimum atomic E-state index is -1.77. The van der Waals surface area contributed by atoms with E-state index in [0.29, 0.717) is 27.9 Å². The smallest absolute Gasteiger partial charge is 0.305 e. The highest BCUT2D eigenvalue weighted by Crippen LogP contribution is 2.32. The van der Waals surface area contributed by atoms with E-state index in [1.165, 1.54) is 23.9 Å². The SMILES string of the molecule is CCC(C)C1NC(=O)CNC(=O)C(Cc2c(SC)[nH]c3cc(O)ccc23)NC(=O)C([C@@H](C)CCO)NC(=O)C2C[C@@H](O)CN2C(=O)C(CC(=O)O)NC(=O)CNC(=O)CNC1=O.CO. The van der Waals surface area contributed by atoms with Crippen molar-refractivity contribution in [3.8, 4) is 5.75 Å². The third kappa shape index (κ3) is 14.3. The summed E-state index contributed by atoms with van der Waals surface area (Å²) < 4.78 is 0. The van der Waals surface area contributed by atoms with Crippen molar-refractivity contribution in [1.82, 2.24) is 47.1 Å². The Morgan fingerprint density at radius 1 is 0.812 bits per heavy atom. The summed E-state index contributed by atoms with van der Waals surface area (Å²) in [6, 6.07) is -2.78. The van der Waals surface area contributed by atoms with E-state index in [4.69, 9.17) is 5.11 Å². The number of aromatic nitrogens is 1. The second-order valence-corrected chi connectivity index (χ2v) is 16.2. The number of amides is 8. The Morgan fingerprint density at radius 3 is 2.08 bits per heavy atom. The van der Waals surface area contributed by atoms with Crippen molar-refractivity contribution in [2.24, 2.45) is 11.8 Å². The molecule has 354 valence electrons. The molecule has 0 aliphatic carbocycles. The van der Waals surface area contributed by atoms with Crippen molar-refractivity contribution in [3.05, 3.63) is 23.8 Å². The van der Waals surface area contributed by atoms with Gasteiger partial charge in [0.15, 0.2) is 0 Å². The van der Waals surface area contributed by atoms with E-state index in [-0.39, 0.29) is 25.0 Å². The van der Waals surface area contributed by atoms with Crippen LogP contribution in [0.1, 0.15) is 52.0 Å². The number of aromatic hydroxyl groups is 1. The number of carbonyl (C=O) groups excluding carboxylic acids is 8. The number of carboxylic acid groups (broad SMARTS) is 1. The van der Waals surface area contributed by atoms with Gasteiger partial charge in [-0.15, -0.1) is 11.8 Å². The van der Waals surface area contributed by atoms with Gasteiger partial charge in [0.1, 0.15) is 36.0 Å². The molecule has 0 spiro atoms. The van der Waals surface area contributed by atoms with Gasteiger partial charge in [-0.05, 0) is 42.2 Å². The number of hydrogen-bond donors (Lipinski definition) is 13. The highest BCUT2D eigenvalue weighted by molar-refractivity contribution is 7.98. The van der Waals surface area contributed by atoms with Gasteiger partial charge in [-0.2, -0.15) is 0 Å². The molecule has 2 aliphatic heterocycles. The van der Waals surface area contributed by atoms with Crippen LogP contribution in [0.15, 0.2) is 23.2 Å². The van der Waals surface area contributed by atoms with Gasteiger partial charge in [0.05, 0.1) is 42.7 Å². The molecule has 2 saturated heterocycles. The Balaban J connectivity index is 0.00000537. The van der Waals surface area contributed by atoms with Gasteiger partial charge in [0.25, 0.3) is 0 Å². The molecule has 1 aromatic heterocycles. The average Bonchev–Trinajstić information content (AvgIpc) is 3.83. The lowest BCUT2D eigenvalue weighted by atomic mass is 9.96. The molecule has 13 N–H and O–H groups in total. The van der Waals surface area contributed by atoms with Gasteiger partial charge >= 0.3 is 5.97 Å². The number of phenolic OH excluding ortho intramolecular Hbond substituents is 1. The van der Waals surface area contributed by atoms with E-state index in [9.17, 15) is 63.6 Å². The molecule has 24 heteroatoms. The molecule has 0 radical (unpaired) electrons. The molecule has 2 fully saturated rings. The van der Waals surface area contributed by atoms with E-state index in [0.717, 1.165) is 12.0 Å². The fourth-order valence-corrected chi connectivity index (χ4v) is 7.87. The number of phenols is 1. The molecule has 4 rings (SSSR count). The van der Waals surface area contributed by atoms with Crippen LogP contribution in [-0.4, -0.2) is 171 Å². The average molecular weight is 922 g/mol. The maximum absolute atomic E-state index is 14.3. The van der Waals surface area contributed by atoms with Crippen molar-refractivity contribution in [1.29, 1.82) is 0 Å². The summed E-state index contributed by atoms with van der Waals surface area (Å²) in [7, 11) is 1.00. The van der Waals surface area contributed by atoms with Crippen LogP contribution in [0.2, 0.25) is 0 Å². The Hall–Kier alpha value is -5.98. The largest absolute Gasteiger partial charge is 0.508 e. The van der Waals surface area contributed by atoms with Crippen molar-refractivity contribution < 1.29 is 68.7 Å². The van der Waals surface area contributed by atoms with E-state index in [2.05, 4.69) is 42.2 Å². The van der Waals surface area contributed by atoms with Crippen LogP contribution < -0.4 is 37.2 Å². The lowest BCUT2D eigenvalue weighted by Crippen LogP contribution is -2.60. The van der Waals surface area contributed by atoms with Crippen LogP contribution >= 0.6 is 11.8 Å². The van der Waals surface area contributed by atoms with Crippen LogP contribution in [0.4, 0.5) is 0 Å². The first kappa shape index (κ1) is 52.4. The number of H-pyrrole nitrogens is 1. The fraction of sp³-hybridized carbons (Fsp3) is 0.575. The molecule has 2 aliphatic rings. The van der Waals surface area contributed by atoms with Gasteiger partial charge in [-0.1, -0.05) is 27.2 Å². The van der Waals surface area contributed by atoms with Gasteiger partial charge in [0, 0.05) is 44.6 Å². The van der Waals surface area contributed by atoms with Crippen molar-refractivity contribution in [2.75, 3.05) is 46.2 Å². The highest BCUT2D eigenvalue weighted by Gasteiger charge is 2.44. The molecule has 23 nitrogen and oxygen atoms in total. The van der Waals surface area contributed by atoms with Crippen LogP contribution in [0.25, 0.3) is 10.9 Å². The standard InChI is InChI=1S/C39H55N9O13S.CH4O/c1-5-18(2)32-36(59)42-14-28(52)40-15-29(53)43-26(13-31(55)56)39(61)48-17-21(51)11-27(48)35(58)47-33(19(3)8-9-49)37(60)44-25(34(57)41-16-30(54)46-32)12-23-22-7-6-20(50)10-24(22)45-38(23)62-4;1-2/h6-7,10,18-19,21,25-27,32-33,45,49-51H,5,8-9,11-17H2,1-4H3,(H,40,52)(H,41,57)(H,42,59)(H,43,53)(H,44,60)(H,46,54)(H,47,58)(H,55,56);2H,1H3/t18?,19-,21+,25?,26?,27?,32?,33?;/m0./s1. The zero-order valence-electron chi connectivity index (χ0n) is 36.2. The number of nitrogens with one attached hydrogen (secondary N) is 8. The maximum Gasteiger partial charge on any atom is 0.305 e. The zero-order chi connectivity index (χ0) is 47.8. The molecule has 3 heterocycles. The summed E-state index contributed by atoms with van der Waals surface area (Å²) in [5.74, 6) is -9.93. The summed E-state index contributed by atoms with van der Waals surface area (Å²) in [5, 5.41) is 65.6. The lowest BCUT2D eigenvalue weighted by Gasteiger charge is -2.31. The molecule has 1 aromatic carbocycles. The van der Waals surface area contributed by atoms with Crippen molar-refractivity contribution >= 4 is 75.9 Å². The summed E-state index contributed by atoms with van der Waals surface area (Å²) in [4.78, 5) is 124. The summed E-state index contributed by atoms with van der Waals surface area (Å²) in [6.07, 6.45) is -0.591. The van der Waals surface area contributed by atoms with Gasteiger partial charge in [-0.25, -0.2) is 0 Å². The number of thioether (sulfide) groups is 1. The van der Waals surface area contributed by atoms with Crippen LogP contribution in [-0.2, 0) is 49.6 Å². The normalized spacial score (nSPS) is 24.5. The predicted molar refractivity (Wildman–Crippen MR) is 229 cm³/mol. The number of rotatable bonds is 10. The third-order valence-electron chi connectivity index (χ3n) is 10.8. The first-order chi connectivity index (χ1) is 30.4. The van der Waals surface area contributed by atoms with Gasteiger partial charge in [-0.3, -0.25) is 43.2 Å². The first-order valence-corrected chi connectivity index (χ1v) is 21.7. The number of fused-ring (bicyclic) bond motifs is 2. The number of aliphatic carboxylic acids is 1. The molecule has 0 bridgehead atoms. The molecule has 8 atom stereocenters. The molecule has 2 aromatic rings. The summed E-state index contributed by atoms with van der Waals surface area (Å²) >= 11 is 1.29. The molecule has 0 saturated carbocycles. The lowest BCUT2D eigenvalue weighted by molar-refractivity contribution is -0.146. The Morgan fingerprint density at radius 2 is 1.44 bits per heavy atom. The highest BCUT2D eigenvalue weighted by atomic mass is 32.2. The first-order valence-electron chi connectivity index (χ1n) is 20.5. The predicted octanol–water partition coefficient (Wildman–Crippen LogP) is -3.45. The molecular weight excluding hydrogens is 863 g/mol. The number of aliphatic hydroxyl groups is 3. The summed E-state index contributed by atoms with van der Waals surface area (Å²) in [5.41, 5.74) is 1.08. The van der Waals surface area contributed by atoms with E-state index in [1.54, 1.807) is 33.1 Å². The number of nitrogens with zero attached hydrogens (tertiary/aromatic N) is 1. The van der Waals surface area contributed by atoms with Crippen molar-refractivity contribution in [3.63, 3.8) is 0 Å². The van der Waals surface area contributed by atoms with E-state index in [1.807, 2.05) is 0 Å². The minimum Gasteiger partial charge on any atom is -0.508 e. The molecular formula is C40H59N9O14S. The second-order valence-electron chi connectivity index (χ2n) is 15.4. The van der Waals surface area contributed by atoms with Gasteiger partial charge < -0.3 is 72.6 Å². The van der Waals surface area contributed by atoms with Crippen molar-refractivity contribution in [2.45, 2.75) is 94.2 Å². The van der Waals surface area contributed by atoms with E-state index < -0.39 is 141 Å². The van der Waals surface area contributed by atoms with Crippen LogP contribution in [0, 0.1) is 11.8 Å². The number of carbonyl (C=O) groups is 9. The van der Waals surface area contributed by atoms with E-state index >= 15 is 0 Å². The molecule has 64 heavy (non-hydrogen) atoms. The Kier molecular flexibility index (Phi) is 20.3. The van der Waals surface area contributed by atoms with Gasteiger partial charge in [0.2, 0.25) is 47.3 Å². The van der Waals surface area contributed by atoms with Crippen LogP contribution in [0.5, 0.6) is 5.75 Å². The van der Waals surface area contributed by atoms with Crippen LogP contribution in [0.3, 0.4) is 0 Å². The minimum absolute atomic E-state index is 0.0257. The second kappa shape index (κ2) is 24.8. The Labute approximate surface area is 372 Å². The zero-order valence-corrected chi connectivity index (χ0v) is 37.0. The number of hydrogen-bond acceptors (Lipinski definition) is 14. The summed E-state index contributed by atoms with van der Waals surface area (Å²) in [6.45, 7) is 2.06.